The number of hydrogen-bond acceptors (Lipinski definition) is 2. The standard InChI is InChI=1S/C19H36O2/c1-16(2)9-7-10-18(5)11-8-12-19(6)13-14-20-15-21-17(3)4/h11,13,16-17H,7-10,12,14-15H2,1-6H3. The maximum atomic E-state index is 5.40. The van der Waals surface area contributed by atoms with Crippen LogP contribution in [-0.4, -0.2) is 19.5 Å². The molecule has 0 aromatic heterocycles. The van der Waals surface area contributed by atoms with Gasteiger partial charge in [-0.3, -0.25) is 0 Å². The minimum atomic E-state index is 0.235. The van der Waals surface area contributed by atoms with Crippen LogP contribution in [0.1, 0.15) is 73.6 Å². The molecule has 0 fully saturated rings. The Bertz CT molecular complexity index is 301. The molecule has 0 aliphatic rings. The van der Waals surface area contributed by atoms with Crippen molar-refractivity contribution < 1.29 is 9.47 Å². The van der Waals surface area contributed by atoms with Crippen molar-refractivity contribution in [3.05, 3.63) is 23.3 Å². The van der Waals surface area contributed by atoms with E-state index in [0.717, 1.165) is 18.8 Å². The molecule has 0 radical (unpaired) electrons. The fraction of sp³-hybridized carbons (Fsp3) is 0.789. The van der Waals surface area contributed by atoms with Gasteiger partial charge >= 0.3 is 0 Å². The summed E-state index contributed by atoms with van der Waals surface area (Å²) in [5, 5.41) is 0. The largest absolute Gasteiger partial charge is 0.353 e. The molecule has 0 aliphatic heterocycles. The van der Waals surface area contributed by atoms with Gasteiger partial charge in [-0.25, -0.2) is 0 Å². The van der Waals surface area contributed by atoms with Gasteiger partial charge in [0.05, 0.1) is 12.7 Å². The average Bonchev–Trinajstić information content (AvgIpc) is 2.37. The molecular weight excluding hydrogens is 260 g/mol. The molecule has 0 spiro atoms. The van der Waals surface area contributed by atoms with Crippen molar-refractivity contribution >= 4 is 0 Å². The number of allylic oxidation sites excluding steroid dienone is 3. The van der Waals surface area contributed by atoms with E-state index in [1.165, 1.54) is 30.4 Å². The number of ether oxygens (including phenoxy) is 2. The smallest absolute Gasteiger partial charge is 0.147 e. The second-order valence-corrected chi connectivity index (χ2v) is 6.63. The lowest BCUT2D eigenvalue weighted by atomic mass is 10.0. The van der Waals surface area contributed by atoms with Gasteiger partial charge in [0.15, 0.2) is 0 Å². The highest BCUT2D eigenvalue weighted by Gasteiger charge is 1.96. The molecule has 0 heterocycles. The molecular formula is C19H36O2. The molecule has 124 valence electrons. The SMILES string of the molecule is CC(=CCOCOC(C)C)CCC=C(C)CCCC(C)C. The Morgan fingerprint density at radius 1 is 0.952 bits per heavy atom. The topological polar surface area (TPSA) is 18.5 Å². The van der Waals surface area contributed by atoms with Crippen molar-refractivity contribution in [2.45, 2.75) is 79.8 Å². The summed E-state index contributed by atoms with van der Waals surface area (Å²) in [6.45, 7) is 14.1. The van der Waals surface area contributed by atoms with Crippen LogP contribution in [0.25, 0.3) is 0 Å². The van der Waals surface area contributed by atoms with Crippen LogP contribution in [0.15, 0.2) is 23.3 Å². The minimum Gasteiger partial charge on any atom is -0.353 e. The molecule has 21 heavy (non-hydrogen) atoms. The van der Waals surface area contributed by atoms with Crippen molar-refractivity contribution in [3.63, 3.8) is 0 Å². The highest BCUT2D eigenvalue weighted by atomic mass is 16.7. The summed E-state index contributed by atoms with van der Waals surface area (Å²) in [6.07, 6.45) is 10.9. The summed E-state index contributed by atoms with van der Waals surface area (Å²) in [7, 11) is 0. The summed E-state index contributed by atoms with van der Waals surface area (Å²) >= 11 is 0. The van der Waals surface area contributed by atoms with Gasteiger partial charge in [-0.2, -0.15) is 0 Å². The van der Waals surface area contributed by atoms with E-state index in [9.17, 15) is 0 Å². The van der Waals surface area contributed by atoms with E-state index in [0.29, 0.717) is 13.4 Å². The van der Waals surface area contributed by atoms with E-state index >= 15 is 0 Å². The summed E-state index contributed by atoms with van der Waals surface area (Å²) in [5.74, 6) is 0.822. The Balaban J connectivity index is 3.68. The molecule has 0 N–H and O–H groups in total. The molecule has 0 unspecified atom stereocenters. The molecule has 2 nitrogen and oxygen atoms in total. The first kappa shape index (κ1) is 20.4. The van der Waals surface area contributed by atoms with Crippen LogP contribution >= 0.6 is 0 Å². The first-order valence-corrected chi connectivity index (χ1v) is 8.42. The second-order valence-electron chi connectivity index (χ2n) is 6.63. The number of hydrogen-bond donors (Lipinski definition) is 0. The minimum absolute atomic E-state index is 0.235. The molecule has 0 saturated carbocycles. The van der Waals surface area contributed by atoms with Gasteiger partial charge in [-0.15, -0.1) is 0 Å². The van der Waals surface area contributed by atoms with Gasteiger partial charge in [-0.05, 0) is 59.3 Å². The lowest BCUT2D eigenvalue weighted by Crippen LogP contribution is -2.07. The Hall–Kier alpha value is -0.600. The van der Waals surface area contributed by atoms with Crippen LogP contribution in [0.5, 0.6) is 0 Å². The zero-order chi connectivity index (χ0) is 16.1. The molecule has 0 saturated heterocycles. The summed E-state index contributed by atoms with van der Waals surface area (Å²) in [5.41, 5.74) is 2.93. The first-order valence-electron chi connectivity index (χ1n) is 8.42. The fourth-order valence-corrected chi connectivity index (χ4v) is 1.97. The van der Waals surface area contributed by atoms with E-state index in [1.54, 1.807) is 0 Å². The Morgan fingerprint density at radius 2 is 1.62 bits per heavy atom. The molecule has 2 heteroatoms. The van der Waals surface area contributed by atoms with Crippen molar-refractivity contribution in [1.29, 1.82) is 0 Å². The van der Waals surface area contributed by atoms with Gasteiger partial charge < -0.3 is 9.47 Å². The molecule has 0 aromatic rings. The summed E-state index contributed by atoms with van der Waals surface area (Å²) in [6, 6.07) is 0. The zero-order valence-electron chi connectivity index (χ0n) is 15.1. The van der Waals surface area contributed by atoms with Gasteiger partial charge in [0.1, 0.15) is 6.79 Å². The van der Waals surface area contributed by atoms with Crippen molar-refractivity contribution in [1.82, 2.24) is 0 Å². The van der Waals surface area contributed by atoms with Gasteiger partial charge in [-0.1, -0.05) is 43.6 Å². The van der Waals surface area contributed by atoms with E-state index in [2.05, 4.69) is 39.8 Å². The molecule has 0 aliphatic carbocycles. The van der Waals surface area contributed by atoms with Crippen LogP contribution in [0, 0.1) is 5.92 Å². The van der Waals surface area contributed by atoms with E-state index < -0.39 is 0 Å². The third kappa shape index (κ3) is 15.6. The summed E-state index contributed by atoms with van der Waals surface area (Å²) < 4.78 is 10.7. The van der Waals surface area contributed by atoms with E-state index in [4.69, 9.17) is 9.47 Å². The molecule has 0 aromatic carbocycles. The monoisotopic (exact) mass is 296 g/mol. The van der Waals surface area contributed by atoms with Crippen LogP contribution in [0.4, 0.5) is 0 Å². The highest BCUT2D eigenvalue weighted by Crippen LogP contribution is 2.13. The highest BCUT2D eigenvalue weighted by molar-refractivity contribution is 5.03. The maximum Gasteiger partial charge on any atom is 0.147 e. The third-order valence-corrected chi connectivity index (χ3v) is 3.42. The second kappa shape index (κ2) is 13.1. The van der Waals surface area contributed by atoms with Crippen LogP contribution in [0.3, 0.4) is 0 Å². The van der Waals surface area contributed by atoms with Gasteiger partial charge in [0.25, 0.3) is 0 Å². The lowest BCUT2D eigenvalue weighted by molar-refractivity contribution is -0.0701. The Morgan fingerprint density at radius 3 is 2.24 bits per heavy atom. The predicted octanol–water partition coefficient (Wildman–Crippen LogP) is 5.88. The van der Waals surface area contributed by atoms with Gasteiger partial charge in [0, 0.05) is 0 Å². The number of rotatable bonds is 12. The molecule has 0 bridgehead atoms. The quantitative estimate of drug-likeness (QED) is 0.254. The predicted molar refractivity (Wildman–Crippen MR) is 92.5 cm³/mol. The van der Waals surface area contributed by atoms with Crippen LogP contribution in [0.2, 0.25) is 0 Å². The maximum absolute atomic E-state index is 5.40. The van der Waals surface area contributed by atoms with Crippen molar-refractivity contribution in [3.8, 4) is 0 Å². The first-order chi connectivity index (χ1) is 9.91. The van der Waals surface area contributed by atoms with Crippen LogP contribution in [-0.2, 0) is 9.47 Å². The fourth-order valence-electron chi connectivity index (χ4n) is 1.97. The van der Waals surface area contributed by atoms with Crippen molar-refractivity contribution in [2.24, 2.45) is 5.92 Å². The molecule has 0 rings (SSSR count). The third-order valence-electron chi connectivity index (χ3n) is 3.42. The normalized spacial score (nSPS) is 13.5. The zero-order valence-corrected chi connectivity index (χ0v) is 15.1. The molecule has 0 amide bonds. The molecule has 0 atom stereocenters. The lowest BCUT2D eigenvalue weighted by Gasteiger charge is -2.07. The van der Waals surface area contributed by atoms with E-state index in [1.807, 2.05) is 13.8 Å². The summed E-state index contributed by atoms with van der Waals surface area (Å²) in [4.78, 5) is 0. The van der Waals surface area contributed by atoms with E-state index in [-0.39, 0.29) is 6.10 Å². The average molecular weight is 296 g/mol. The van der Waals surface area contributed by atoms with Crippen LogP contribution < -0.4 is 0 Å². The Kier molecular flexibility index (Phi) is 12.7. The van der Waals surface area contributed by atoms with Gasteiger partial charge in [0.2, 0.25) is 0 Å². The van der Waals surface area contributed by atoms with Crippen molar-refractivity contribution in [2.75, 3.05) is 13.4 Å². The Labute approximate surface area is 132 Å².